The highest BCUT2D eigenvalue weighted by Crippen LogP contribution is 2.25. The van der Waals surface area contributed by atoms with Crippen molar-refractivity contribution in [3.05, 3.63) is 28.2 Å². The molecule has 1 amide bonds. The number of anilines is 1. The first-order chi connectivity index (χ1) is 11.5. The number of carbonyl (C=O) groups excluding carboxylic acids is 1. The molecule has 0 unspecified atom stereocenters. The zero-order chi connectivity index (χ0) is 17.1. The summed E-state index contributed by atoms with van der Waals surface area (Å²) < 4.78 is 5.48. The number of piperazine rings is 1. The Hall–Kier alpha value is -1.08. The summed E-state index contributed by atoms with van der Waals surface area (Å²) in [4.78, 5) is 16.3. The first-order valence-corrected chi connectivity index (χ1v) is 9.12. The number of hydrogen-bond acceptors (Lipinski definition) is 3. The smallest absolute Gasteiger partial charge is 0.251 e. The maximum absolute atomic E-state index is 12.3. The van der Waals surface area contributed by atoms with Crippen LogP contribution in [0.3, 0.4) is 0 Å². The average Bonchev–Trinajstić information content (AvgIpc) is 3.12. The van der Waals surface area contributed by atoms with Crippen LogP contribution < -0.4 is 5.32 Å². The van der Waals surface area contributed by atoms with E-state index in [0.29, 0.717) is 47.9 Å². The molecule has 2 saturated heterocycles. The van der Waals surface area contributed by atoms with Gasteiger partial charge < -0.3 is 19.9 Å². The Kier molecular flexibility index (Phi) is 5.81. The Morgan fingerprint density at radius 2 is 1.88 bits per heavy atom. The van der Waals surface area contributed by atoms with Gasteiger partial charge in [-0.05, 0) is 43.3 Å². The summed E-state index contributed by atoms with van der Waals surface area (Å²) in [5, 5.41) is 4.78. The van der Waals surface area contributed by atoms with Gasteiger partial charge in [0.15, 0.2) is 5.11 Å². The van der Waals surface area contributed by atoms with E-state index in [1.54, 1.807) is 12.1 Å². The van der Waals surface area contributed by atoms with Crippen LogP contribution in [0.15, 0.2) is 18.2 Å². The van der Waals surface area contributed by atoms with Crippen molar-refractivity contribution in [2.75, 3.05) is 38.1 Å². The predicted octanol–water partition coefficient (Wildman–Crippen LogP) is 3.01. The Balaban J connectivity index is 1.51. The van der Waals surface area contributed by atoms with Gasteiger partial charge in [0.05, 0.1) is 10.0 Å². The van der Waals surface area contributed by atoms with Gasteiger partial charge in [-0.2, -0.15) is 0 Å². The quantitative estimate of drug-likeness (QED) is 0.790. The Bertz CT molecular complexity index is 630. The summed E-state index contributed by atoms with van der Waals surface area (Å²) in [6.07, 6.45) is 1.54. The topological polar surface area (TPSA) is 44.8 Å². The summed E-state index contributed by atoms with van der Waals surface area (Å²) >= 11 is 17.4. The molecule has 0 spiro atoms. The fourth-order valence-electron chi connectivity index (χ4n) is 2.88. The molecule has 1 atom stereocenters. The second-order valence-corrected chi connectivity index (χ2v) is 7.07. The molecule has 24 heavy (non-hydrogen) atoms. The summed E-state index contributed by atoms with van der Waals surface area (Å²) in [5.74, 6) is 0.107. The number of nitrogens with zero attached hydrogens (tertiary/aromatic N) is 2. The van der Waals surface area contributed by atoms with E-state index in [9.17, 15) is 4.79 Å². The van der Waals surface area contributed by atoms with Crippen LogP contribution in [0.5, 0.6) is 0 Å². The van der Waals surface area contributed by atoms with Gasteiger partial charge in [-0.3, -0.25) is 4.79 Å². The van der Waals surface area contributed by atoms with E-state index in [-0.39, 0.29) is 12.0 Å². The zero-order valence-corrected chi connectivity index (χ0v) is 15.5. The van der Waals surface area contributed by atoms with Crippen LogP contribution >= 0.6 is 35.4 Å². The van der Waals surface area contributed by atoms with Crippen molar-refractivity contribution in [2.45, 2.75) is 18.9 Å². The molecule has 0 saturated carbocycles. The Labute approximate surface area is 156 Å². The second-order valence-electron chi connectivity index (χ2n) is 5.87. The highest BCUT2D eigenvalue weighted by atomic mass is 35.5. The molecule has 0 aromatic heterocycles. The van der Waals surface area contributed by atoms with E-state index >= 15 is 0 Å². The summed E-state index contributed by atoms with van der Waals surface area (Å²) in [5.41, 5.74) is 0.798. The average molecular weight is 388 g/mol. The lowest BCUT2D eigenvalue weighted by atomic mass is 10.2. The minimum atomic E-state index is -0.252. The third-order valence-corrected chi connectivity index (χ3v) is 5.35. The zero-order valence-electron chi connectivity index (χ0n) is 13.1. The lowest BCUT2D eigenvalue weighted by molar-refractivity contribution is -0.142. The van der Waals surface area contributed by atoms with Crippen LogP contribution in [0.25, 0.3) is 0 Å². The van der Waals surface area contributed by atoms with E-state index in [0.717, 1.165) is 18.5 Å². The molecule has 2 aliphatic rings. The number of ether oxygens (including phenoxy) is 1. The molecule has 0 radical (unpaired) electrons. The van der Waals surface area contributed by atoms with Crippen molar-refractivity contribution >= 4 is 52.1 Å². The number of halogens is 2. The maximum Gasteiger partial charge on any atom is 0.251 e. The fraction of sp³-hybridized carbons (Fsp3) is 0.500. The van der Waals surface area contributed by atoms with Gasteiger partial charge in [-0.25, -0.2) is 0 Å². The monoisotopic (exact) mass is 387 g/mol. The molecule has 0 bridgehead atoms. The van der Waals surface area contributed by atoms with Crippen LogP contribution in [0.1, 0.15) is 12.8 Å². The molecule has 2 heterocycles. The Morgan fingerprint density at radius 1 is 1.17 bits per heavy atom. The first-order valence-electron chi connectivity index (χ1n) is 7.96. The second kappa shape index (κ2) is 7.87. The number of rotatable bonds is 2. The molecule has 5 nitrogen and oxygen atoms in total. The van der Waals surface area contributed by atoms with E-state index in [1.165, 1.54) is 0 Å². The number of nitrogens with one attached hydrogen (secondary N) is 1. The molecule has 1 N–H and O–H groups in total. The summed E-state index contributed by atoms with van der Waals surface area (Å²) in [7, 11) is 0. The fourth-order valence-corrected chi connectivity index (χ4v) is 3.48. The molecule has 3 rings (SSSR count). The van der Waals surface area contributed by atoms with E-state index in [2.05, 4.69) is 10.2 Å². The minimum Gasteiger partial charge on any atom is -0.368 e. The normalized spacial score (nSPS) is 21.0. The van der Waals surface area contributed by atoms with Crippen molar-refractivity contribution in [2.24, 2.45) is 0 Å². The van der Waals surface area contributed by atoms with Gasteiger partial charge in [0, 0.05) is 38.5 Å². The molecular formula is C16H19Cl2N3O2S. The van der Waals surface area contributed by atoms with Gasteiger partial charge >= 0.3 is 0 Å². The predicted molar refractivity (Wildman–Crippen MR) is 99.8 cm³/mol. The molecular weight excluding hydrogens is 369 g/mol. The molecule has 8 heteroatoms. The van der Waals surface area contributed by atoms with Crippen molar-refractivity contribution in [3.8, 4) is 0 Å². The standard InChI is InChI=1S/C16H19Cl2N3O2S/c17-12-4-3-11(10-13(12)18)19-16(24)21-7-5-20(6-8-21)15(22)14-2-1-9-23-14/h3-4,10,14H,1-2,5-9H2,(H,19,24)/t14-/m0/s1. The van der Waals surface area contributed by atoms with E-state index in [1.807, 2.05) is 11.0 Å². The van der Waals surface area contributed by atoms with Crippen molar-refractivity contribution in [1.82, 2.24) is 9.80 Å². The third kappa shape index (κ3) is 4.11. The molecule has 1 aromatic rings. The van der Waals surface area contributed by atoms with Gasteiger partial charge in [0.2, 0.25) is 0 Å². The van der Waals surface area contributed by atoms with Crippen molar-refractivity contribution < 1.29 is 9.53 Å². The number of carbonyl (C=O) groups is 1. The van der Waals surface area contributed by atoms with Gasteiger partial charge in [-0.15, -0.1) is 0 Å². The lowest BCUT2D eigenvalue weighted by Gasteiger charge is -2.37. The van der Waals surface area contributed by atoms with Gasteiger partial charge in [0.25, 0.3) is 5.91 Å². The number of amides is 1. The van der Waals surface area contributed by atoms with E-state index in [4.69, 9.17) is 40.2 Å². The lowest BCUT2D eigenvalue weighted by Crippen LogP contribution is -2.53. The number of hydrogen-bond donors (Lipinski definition) is 1. The summed E-state index contributed by atoms with van der Waals surface area (Å²) in [6, 6.07) is 5.30. The SMILES string of the molecule is O=C([C@@H]1CCCO1)N1CCN(C(=S)Nc2ccc(Cl)c(Cl)c2)CC1. The van der Waals surface area contributed by atoms with Crippen LogP contribution in [0, 0.1) is 0 Å². The highest BCUT2D eigenvalue weighted by molar-refractivity contribution is 7.80. The van der Waals surface area contributed by atoms with Crippen molar-refractivity contribution in [3.63, 3.8) is 0 Å². The molecule has 2 fully saturated rings. The molecule has 1 aromatic carbocycles. The van der Waals surface area contributed by atoms with Gasteiger partial charge in [-0.1, -0.05) is 23.2 Å². The third-order valence-electron chi connectivity index (χ3n) is 4.25. The maximum atomic E-state index is 12.3. The molecule has 130 valence electrons. The van der Waals surface area contributed by atoms with Crippen molar-refractivity contribution in [1.29, 1.82) is 0 Å². The van der Waals surface area contributed by atoms with Crippen LogP contribution in [0.2, 0.25) is 10.0 Å². The van der Waals surface area contributed by atoms with Crippen LogP contribution in [0.4, 0.5) is 5.69 Å². The largest absolute Gasteiger partial charge is 0.368 e. The minimum absolute atomic E-state index is 0.107. The highest BCUT2D eigenvalue weighted by Gasteiger charge is 2.30. The number of thiocarbonyl (C=S) groups is 1. The summed E-state index contributed by atoms with van der Waals surface area (Å²) in [6.45, 7) is 3.40. The van der Waals surface area contributed by atoms with Crippen LogP contribution in [-0.4, -0.2) is 59.7 Å². The first kappa shape index (κ1) is 17.7. The Morgan fingerprint density at radius 3 is 2.50 bits per heavy atom. The van der Waals surface area contributed by atoms with Gasteiger partial charge in [0.1, 0.15) is 6.10 Å². The van der Waals surface area contributed by atoms with E-state index < -0.39 is 0 Å². The molecule has 2 aliphatic heterocycles. The number of benzene rings is 1. The van der Waals surface area contributed by atoms with Crippen LogP contribution in [-0.2, 0) is 9.53 Å². The molecule has 0 aliphatic carbocycles.